The maximum atomic E-state index is 13.1. The van der Waals surface area contributed by atoms with Crippen molar-refractivity contribution in [2.75, 3.05) is 37.6 Å². The highest BCUT2D eigenvalue weighted by Gasteiger charge is 2.33. The van der Waals surface area contributed by atoms with Gasteiger partial charge >= 0.3 is 0 Å². The minimum atomic E-state index is -0.0189. The first kappa shape index (κ1) is 19.4. The minimum absolute atomic E-state index is 0.00688. The highest BCUT2D eigenvalue weighted by molar-refractivity contribution is 5.93. The molecule has 8 nitrogen and oxygen atoms in total. The number of piperazine rings is 1. The molecule has 4 rings (SSSR count). The summed E-state index contributed by atoms with van der Waals surface area (Å²) in [5.41, 5.74) is 3.62. The lowest BCUT2D eigenvalue weighted by molar-refractivity contribution is -0.129. The van der Waals surface area contributed by atoms with Gasteiger partial charge in [0.2, 0.25) is 5.91 Å². The van der Waals surface area contributed by atoms with Crippen molar-refractivity contribution in [3.63, 3.8) is 0 Å². The number of hydrogen-bond acceptors (Lipinski definition) is 5. The quantitative estimate of drug-likeness (QED) is 0.791. The molecule has 2 aliphatic heterocycles. The smallest absolute Gasteiger partial charge is 0.272 e. The van der Waals surface area contributed by atoms with E-state index in [-0.39, 0.29) is 17.9 Å². The van der Waals surface area contributed by atoms with Gasteiger partial charge in [-0.1, -0.05) is 0 Å². The predicted octanol–water partition coefficient (Wildman–Crippen LogP) is 1.77. The van der Waals surface area contributed by atoms with Crippen LogP contribution in [0.1, 0.15) is 47.7 Å². The van der Waals surface area contributed by atoms with Crippen LogP contribution in [0.15, 0.2) is 24.4 Å². The number of rotatable bonds is 3. The average Bonchev–Trinajstić information content (AvgIpc) is 3.36. The van der Waals surface area contributed by atoms with Crippen molar-refractivity contribution in [1.29, 1.82) is 0 Å². The molecule has 0 radical (unpaired) electrons. The highest BCUT2D eigenvalue weighted by Crippen LogP contribution is 2.34. The van der Waals surface area contributed by atoms with E-state index in [9.17, 15) is 9.59 Å². The van der Waals surface area contributed by atoms with Crippen LogP contribution >= 0.6 is 0 Å². The fourth-order valence-electron chi connectivity index (χ4n) is 4.36. The van der Waals surface area contributed by atoms with Gasteiger partial charge in [-0.25, -0.2) is 0 Å². The van der Waals surface area contributed by atoms with Crippen LogP contribution in [-0.2, 0) is 11.8 Å². The molecule has 2 aliphatic rings. The Morgan fingerprint density at radius 3 is 2.52 bits per heavy atom. The molecule has 2 aromatic rings. The SMILES string of the molecule is CC(=O)N1CCN(c2cc(C)nc([C@@H]3CCCN3C(=O)c3ccnn3C)c2)CC1. The van der Waals surface area contributed by atoms with Crippen molar-refractivity contribution in [2.45, 2.75) is 32.7 Å². The Kier molecular flexibility index (Phi) is 5.25. The maximum Gasteiger partial charge on any atom is 0.272 e. The Morgan fingerprint density at radius 2 is 1.86 bits per heavy atom. The summed E-state index contributed by atoms with van der Waals surface area (Å²) in [6.45, 7) is 7.45. The molecule has 29 heavy (non-hydrogen) atoms. The van der Waals surface area contributed by atoms with Gasteiger partial charge in [0, 0.05) is 64.3 Å². The molecule has 0 spiro atoms. The monoisotopic (exact) mass is 396 g/mol. The van der Waals surface area contributed by atoms with Gasteiger partial charge in [0.25, 0.3) is 5.91 Å². The van der Waals surface area contributed by atoms with Crippen LogP contribution in [0.3, 0.4) is 0 Å². The molecule has 154 valence electrons. The number of pyridine rings is 1. The van der Waals surface area contributed by atoms with E-state index in [2.05, 4.69) is 22.1 Å². The van der Waals surface area contributed by atoms with Crippen molar-refractivity contribution >= 4 is 17.5 Å². The molecule has 2 amide bonds. The molecule has 0 aliphatic carbocycles. The fraction of sp³-hybridized carbons (Fsp3) is 0.524. The Balaban J connectivity index is 1.56. The molecule has 0 aromatic carbocycles. The zero-order chi connectivity index (χ0) is 20.5. The third kappa shape index (κ3) is 3.83. The molecule has 2 saturated heterocycles. The molecule has 1 atom stereocenters. The average molecular weight is 396 g/mol. The van der Waals surface area contributed by atoms with Gasteiger partial charge < -0.3 is 14.7 Å². The topological polar surface area (TPSA) is 74.6 Å². The molecular weight excluding hydrogens is 368 g/mol. The molecule has 0 unspecified atom stereocenters. The Morgan fingerprint density at radius 1 is 1.10 bits per heavy atom. The van der Waals surface area contributed by atoms with Crippen molar-refractivity contribution < 1.29 is 9.59 Å². The van der Waals surface area contributed by atoms with Crippen molar-refractivity contribution in [2.24, 2.45) is 7.05 Å². The first-order valence-corrected chi connectivity index (χ1v) is 10.2. The van der Waals surface area contributed by atoms with Crippen LogP contribution < -0.4 is 4.90 Å². The number of amides is 2. The van der Waals surface area contributed by atoms with Gasteiger partial charge in [-0.2, -0.15) is 5.10 Å². The van der Waals surface area contributed by atoms with Gasteiger partial charge in [0.15, 0.2) is 0 Å². The number of aromatic nitrogens is 3. The largest absolute Gasteiger partial charge is 0.368 e. The van der Waals surface area contributed by atoms with E-state index in [0.717, 1.165) is 62.6 Å². The molecule has 2 fully saturated rings. The number of anilines is 1. The second kappa shape index (κ2) is 7.85. The third-order valence-corrected chi connectivity index (χ3v) is 5.94. The van der Waals surface area contributed by atoms with Crippen LogP contribution in [0.4, 0.5) is 5.69 Å². The lowest BCUT2D eigenvalue weighted by Gasteiger charge is -2.36. The normalized spacial score (nSPS) is 19.7. The van der Waals surface area contributed by atoms with Crippen molar-refractivity contribution in [1.82, 2.24) is 24.6 Å². The van der Waals surface area contributed by atoms with Gasteiger partial charge in [-0.05, 0) is 38.0 Å². The number of aryl methyl sites for hydroxylation is 2. The highest BCUT2D eigenvalue weighted by atomic mass is 16.2. The predicted molar refractivity (Wildman–Crippen MR) is 110 cm³/mol. The molecule has 4 heterocycles. The Labute approximate surface area is 171 Å². The number of hydrogen-bond donors (Lipinski definition) is 0. The van der Waals surface area contributed by atoms with Gasteiger partial charge in [0.1, 0.15) is 5.69 Å². The van der Waals surface area contributed by atoms with E-state index in [1.165, 1.54) is 0 Å². The molecule has 8 heteroatoms. The second-order valence-corrected chi connectivity index (χ2v) is 7.88. The summed E-state index contributed by atoms with van der Waals surface area (Å²) < 4.78 is 1.63. The van der Waals surface area contributed by atoms with Crippen molar-refractivity contribution in [3.05, 3.63) is 41.5 Å². The molecule has 0 bridgehead atoms. The summed E-state index contributed by atoms with van der Waals surface area (Å²) in [5.74, 6) is 0.138. The van der Waals surface area contributed by atoms with E-state index in [1.54, 1.807) is 30.9 Å². The van der Waals surface area contributed by atoms with Gasteiger partial charge in [-0.15, -0.1) is 0 Å². The molecule has 0 saturated carbocycles. The number of likely N-dealkylation sites (tertiary alicyclic amines) is 1. The summed E-state index contributed by atoms with van der Waals surface area (Å²) in [6.07, 6.45) is 3.54. The van der Waals surface area contributed by atoms with Crippen LogP contribution in [-0.4, -0.2) is 69.1 Å². The van der Waals surface area contributed by atoms with Crippen LogP contribution in [0, 0.1) is 6.92 Å². The zero-order valence-corrected chi connectivity index (χ0v) is 17.3. The van der Waals surface area contributed by atoms with E-state index in [1.807, 2.05) is 16.7 Å². The standard InChI is InChI=1S/C21H28N6O2/c1-15-13-17(26-11-9-25(10-12-26)16(2)28)14-18(23-15)19-5-4-8-27(19)21(29)20-6-7-22-24(20)3/h6-7,13-14,19H,4-5,8-12H2,1-3H3/t19-/m0/s1. The Hall–Kier alpha value is -2.90. The summed E-state index contributed by atoms with van der Waals surface area (Å²) >= 11 is 0. The maximum absolute atomic E-state index is 13.1. The summed E-state index contributed by atoms with van der Waals surface area (Å²) in [6, 6.07) is 5.96. The lowest BCUT2D eigenvalue weighted by atomic mass is 10.1. The van der Waals surface area contributed by atoms with Gasteiger partial charge in [0.05, 0.1) is 11.7 Å². The van der Waals surface area contributed by atoms with E-state index < -0.39 is 0 Å². The molecule has 2 aromatic heterocycles. The zero-order valence-electron chi connectivity index (χ0n) is 17.3. The van der Waals surface area contributed by atoms with E-state index >= 15 is 0 Å². The molecular formula is C21H28N6O2. The number of carbonyl (C=O) groups excluding carboxylic acids is 2. The van der Waals surface area contributed by atoms with Crippen LogP contribution in [0.25, 0.3) is 0 Å². The number of carbonyl (C=O) groups is 2. The van der Waals surface area contributed by atoms with Gasteiger partial charge in [-0.3, -0.25) is 19.3 Å². The number of nitrogens with zero attached hydrogens (tertiary/aromatic N) is 6. The molecule has 0 N–H and O–H groups in total. The third-order valence-electron chi connectivity index (χ3n) is 5.94. The first-order chi connectivity index (χ1) is 13.9. The summed E-state index contributed by atoms with van der Waals surface area (Å²) in [7, 11) is 1.79. The van der Waals surface area contributed by atoms with Crippen LogP contribution in [0.5, 0.6) is 0 Å². The van der Waals surface area contributed by atoms with Crippen LogP contribution in [0.2, 0.25) is 0 Å². The Bertz CT molecular complexity index is 916. The first-order valence-electron chi connectivity index (χ1n) is 10.2. The fourth-order valence-corrected chi connectivity index (χ4v) is 4.36. The minimum Gasteiger partial charge on any atom is -0.368 e. The van der Waals surface area contributed by atoms with Crippen molar-refractivity contribution in [3.8, 4) is 0 Å². The lowest BCUT2D eigenvalue weighted by Crippen LogP contribution is -2.48. The van der Waals surface area contributed by atoms with E-state index in [0.29, 0.717) is 5.69 Å². The van der Waals surface area contributed by atoms with E-state index in [4.69, 9.17) is 4.98 Å². The summed E-state index contributed by atoms with van der Waals surface area (Å²) in [4.78, 5) is 35.6. The summed E-state index contributed by atoms with van der Waals surface area (Å²) in [5, 5.41) is 4.13. The second-order valence-electron chi connectivity index (χ2n) is 7.88.